The highest BCUT2D eigenvalue weighted by Crippen LogP contribution is 2.12. The summed E-state index contributed by atoms with van der Waals surface area (Å²) >= 11 is 0. The van der Waals surface area contributed by atoms with Crippen LogP contribution in [0, 0.1) is 6.92 Å². The second-order valence-corrected chi connectivity index (χ2v) is 3.84. The maximum absolute atomic E-state index is 11.8. The molecule has 2 aromatic rings. The molecule has 0 aliphatic carbocycles. The summed E-state index contributed by atoms with van der Waals surface area (Å²) < 4.78 is 4.96. The Labute approximate surface area is 104 Å². The standard InChI is InChI=1S/C13H12N2O3/c1-8(16)10-4-3-5-11(6-10)15-13(17)12-7-18-9(2)14-12/h3-7H,1-2H3,(H,15,17). The third kappa shape index (κ3) is 2.63. The van der Waals surface area contributed by atoms with Gasteiger partial charge in [0.15, 0.2) is 17.4 Å². The van der Waals surface area contributed by atoms with E-state index < -0.39 is 0 Å². The van der Waals surface area contributed by atoms with Gasteiger partial charge in [-0.15, -0.1) is 0 Å². The number of hydrogen-bond acceptors (Lipinski definition) is 4. The van der Waals surface area contributed by atoms with Gasteiger partial charge in [-0.25, -0.2) is 4.98 Å². The van der Waals surface area contributed by atoms with Crippen LogP contribution in [0.2, 0.25) is 0 Å². The Bertz CT molecular complexity index is 602. The molecule has 2 rings (SSSR count). The summed E-state index contributed by atoms with van der Waals surface area (Å²) in [4.78, 5) is 26.9. The van der Waals surface area contributed by atoms with E-state index in [-0.39, 0.29) is 17.4 Å². The smallest absolute Gasteiger partial charge is 0.277 e. The molecule has 1 aromatic heterocycles. The minimum absolute atomic E-state index is 0.0524. The fourth-order valence-electron chi connectivity index (χ4n) is 1.48. The zero-order valence-corrected chi connectivity index (χ0v) is 10.1. The number of nitrogens with one attached hydrogen (secondary N) is 1. The fraction of sp³-hybridized carbons (Fsp3) is 0.154. The van der Waals surface area contributed by atoms with E-state index in [4.69, 9.17) is 4.42 Å². The van der Waals surface area contributed by atoms with Gasteiger partial charge in [0, 0.05) is 18.2 Å². The summed E-state index contributed by atoms with van der Waals surface area (Å²) in [6.07, 6.45) is 1.29. The first kappa shape index (κ1) is 12.0. The molecule has 0 saturated heterocycles. The van der Waals surface area contributed by atoms with Crippen LogP contribution >= 0.6 is 0 Å². The number of amides is 1. The van der Waals surface area contributed by atoms with E-state index in [1.54, 1.807) is 31.2 Å². The third-order valence-electron chi connectivity index (χ3n) is 2.38. The first-order valence-electron chi connectivity index (χ1n) is 5.41. The van der Waals surface area contributed by atoms with Gasteiger partial charge in [0.05, 0.1) is 0 Å². The molecule has 1 amide bonds. The lowest BCUT2D eigenvalue weighted by atomic mass is 10.1. The van der Waals surface area contributed by atoms with E-state index >= 15 is 0 Å². The maximum Gasteiger partial charge on any atom is 0.277 e. The van der Waals surface area contributed by atoms with Gasteiger partial charge in [0.1, 0.15) is 6.26 Å². The monoisotopic (exact) mass is 244 g/mol. The molecule has 0 radical (unpaired) electrons. The first-order chi connectivity index (χ1) is 8.56. The van der Waals surface area contributed by atoms with Crippen LogP contribution in [-0.4, -0.2) is 16.7 Å². The molecule has 1 aromatic carbocycles. The van der Waals surface area contributed by atoms with Crippen molar-refractivity contribution < 1.29 is 14.0 Å². The number of aromatic nitrogens is 1. The van der Waals surface area contributed by atoms with E-state index in [9.17, 15) is 9.59 Å². The maximum atomic E-state index is 11.8. The van der Waals surface area contributed by atoms with Crippen LogP contribution in [0.15, 0.2) is 34.9 Å². The topological polar surface area (TPSA) is 72.2 Å². The van der Waals surface area contributed by atoms with Crippen molar-refractivity contribution in [1.82, 2.24) is 4.98 Å². The Morgan fingerprint density at radius 1 is 1.33 bits per heavy atom. The Balaban J connectivity index is 2.16. The van der Waals surface area contributed by atoms with Crippen LogP contribution in [0.3, 0.4) is 0 Å². The number of Topliss-reactive ketones (excluding diaryl/α,β-unsaturated/α-hetero) is 1. The highest BCUT2D eigenvalue weighted by molar-refractivity contribution is 6.03. The zero-order valence-electron chi connectivity index (χ0n) is 10.1. The number of hydrogen-bond donors (Lipinski definition) is 1. The fourth-order valence-corrected chi connectivity index (χ4v) is 1.48. The summed E-state index contributed by atoms with van der Waals surface area (Å²) in [5.41, 5.74) is 1.30. The predicted octanol–water partition coefficient (Wildman–Crippen LogP) is 2.44. The molecule has 1 heterocycles. The zero-order chi connectivity index (χ0) is 13.1. The molecule has 0 aliphatic heterocycles. The lowest BCUT2D eigenvalue weighted by molar-refractivity contribution is 0.100. The number of oxazole rings is 1. The van der Waals surface area contributed by atoms with E-state index in [0.717, 1.165) is 0 Å². The molecule has 0 spiro atoms. The van der Waals surface area contributed by atoms with Crippen molar-refractivity contribution in [3.63, 3.8) is 0 Å². The predicted molar refractivity (Wildman–Crippen MR) is 65.6 cm³/mol. The molecule has 18 heavy (non-hydrogen) atoms. The van der Waals surface area contributed by atoms with E-state index in [2.05, 4.69) is 10.3 Å². The van der Waals surface area contributed by atoms with Crippen molar-refractivity contribution in [3.8, 4) is 0 Å². The van der Waals surface area contributed by atoms with Crippen molar-refractivity contribution in [3.05, 3.63) is 47.7 Å². The van der Waals surface area contributed by atoms with Gasteiger partial charge < -0.3 is 9.73 Å². The first-order valence-corrected chi connectivity index (χ1v) is 5.41. The van der Waals surface area contributed by atoms with E-state index in [1.807, 2.05) is 0 Å². The molecular weight excluding hydrogens is 232 g/mol. The summed E-state index contributed by atoms with van der Waals surface area (Å²) in [6.45, 7) is 3.13. The largest absolute Gasteiger partial charge is 0.448 e. The average Bonchev–Trinajstić information content (AvgIpc) is 2.76. The van der Waals surface area contributed by atoms with Gasteiger partial charge in [-0.1, -0.05) is 12.1 Å². The molecule has 92 valence electrons. The minimum Gasteiger partial charge on any atom is -0.448 e. The van der Waals surface area contributed by atoms with Crippen molar-refractivity contribution in [2.75, 3.05) is 5.32 Å². The number of rotatable bonds is 3. The van der Waals surface area contributed by atoms with Crippen LogP contribution < -0.4 is 5.32 Å². The van der Waals surface area contributed by atoms with Crippen LogP contribution in [-0.2, 0) is 0 Å². The summed E-state index contributed by atoms with van der Waals surface area (Å²) in [7, 11) is 0. The van der Waals surface area contributed by atoms with Gasteiger partial charge in [-0.3, -0.25) is 9.59 Å². The van der Waals surface area contributed by atoms with Gasteiger partial charge in [0.25, 0.3) is 5.91 Å². The molecule has 1 N–H and O–H groups in total. The van der Waals surface area contributed by atoms with Gasteiger partial charge >= 0.3 is 0 Å². The molecule has 0 unspecified atom stereocenters. The van der Waals surface area contributed by atoms with Crippen LogP contribution in [0.1, 0.15) is 33.7 Å². The lowest BCUT2D eigenvalue weighted by Crippen LogP contribution is -2.12. The molecule has 5 nitrogen and oxygen atoms in total. The molecule has 0 saturated carbocycles. The Morgan fingerprint density at radius 3 is 2.72 bits per heavy atom. The Hall–Kier alpha value is -2.43. The number of aryl methyl sites for hydroxylation is 1. The van der Waals surface area contributed by atoms with Crippen molar-refractivity contribution >= 4 is 17.4 Å². The Kier molecular flexibility index (Phi) is 3.23. The molecule has 0 aliphatic rings. The number of nitrogens with zero attached hydrogens (tertiary/aromatic N) is 1. The summed E-state index contributed by atoms with van der Waals surface area (Å²) in [6, 6.07) is 6.73. The molecule has 5 heteroatoms. The van der Waals surface area contributed by atoms with Gasteiger partial charge in [0.2, 0.25) is 0 Å². The van der Waals surface area contributed by atoms with E-state index in [1.165, 1.54) is 13.2 Å². The van der Waals surface area contributed by atoms with Crippen molar-refractivity contribution in [2.45, 2.75) is 13.8 Å². The average molecular weight is 244 g/mol. The second kappa shape index (κ2) is 4.83. The van der Waals surface area contributed by atoms with Crippen LogP contribution in [0.25, 0.3) is 0 Å². The summed E-state index contributed by atoms with van der Waals surface area (Å²) in [5.74, 6) is 0.00793. The molecular formula is C13H12N2O3. The number of benzene rings is 1. The molecule has 0 fully saturated rings. The van der Waals surface area contributed by atoms with Crippen molar-refractivity contribution in [1.29, 1.82) is 0 Å². The van der Waals surface area contributed by atoms with E-state index in [0.29, 0.717) is 17.1 Å². The normalized spacial score (nSPS) is 10.1. The quantitative estimate of drug-likeness (QED) is 0.841. The van der Waals surface area contributed by atoms with Crippen LogP contribution in [0.4, 0.5) is 5.69 Å². The molecule has 0 atom stereocenters. The van der Waals surface area contributed by atoms with Crippen LogP contribution in [0.5, 0.6) is 0 Å². The Morgan fingerprint density at radius 2 is 2.11 bits per heavy atom. The molecule has 0 bridgehead atoms. The lowest BCUT2D eigenvalue weighted by Gasteiger charge is -2.04. The minimum atomic E-state index is -0.368. The number of carbonyl (C=O) groups excluding carboxylic acids is 2. The van der Waals surface area contributed by atoms with Gasteiger partial charge in [-0.05, 0) is 19.1 Å². The number of anilines is 1. The number of ketones is 1. The summed E-state index contributed by atoms with van der Waals surface area (Å²) in [5, 5.41) is 2.65. The number of carbonyl (C=O) groups is 2. The van der Waals surface area contributed by atoms with Gasteiger partial charge in [-0.2, -0.15) is 0 Å². The SMILES string of the molecule is CC(=O)c1cccc(NC(=O)c2coc(C)n2)c1. The van der Waals surface area contributed by atoms with Crippen molar-refractivity contribution in [2.24, 2.45) is 0 Å². The highest BCUT2D eigenvalue weighted by Gasteiger charge is 2.11. The highest BCUT2D eigenvalue weighted by atomic mass is 16.3. The second-order valence-electron chi connectivity index (χ2n) is 3.84. The third-order valence-corrected chi connectivity index (χ3v) is 2.38.